The number of aromatic amines is 1. The maximum absolute atomic E-state index is 5.44. The van der Waals surface area contributed by atoms with Crippen molar-refractivity contribution < 1.29 is 4.74 Å². The topological polar surface area (TPSA) is 37.0 Å². The summed E-state index contributed by atoms with van der Waals surface area (Å²) in [6.45, 7) is 6.18. The maximum atomic E-state index is 5.44. The average Bonchev–Trinajstić information content (AvgIpc) is 2.87. The van der Waals surface area contributed by atoms with Crippen molar-refractivity contribution in [2.75, 3.05) is 19.8 Å². The number of H-pyrrole nitrogens is 1. The van der Waals surface area contributed by atoms with E-state index in [9.17, 15) is 0 Å². The number of aromatic nitrogens is 1. The Balaban J connectivity index is 1.56. The molecule has 1 saturated heterocycles. The van der Waals surface area contributed by atoms with Crippen molar-refractivity contribution >= 4 is 10.9 Å². The number of hydrogen-bond donors (Lipinski definition) is 2. The predicted molar refractivity (Wildman–Crippen MR) is 78.2 cm³/mol. The molecule has 102 valence electrons. The largest absolute Gasteiger partial charge is 0.381 e. The smallest absolute Gasteiger partial charge is 0.0471 e. The fourth-order valence-corrected chi connectivity index (χ4v) is 2.75. The van der Waals surface area contributed by atoms with Gasteiger partial charge in [0.1, 0.15) is 0 Å². The van der Waals surface area contributed by atoms with Gasteiger partial charge in [0.25, 0.3) is 0 Å². The second kappa shape index (κ2) is 5.35. The van der Waals surface area contributed by atoms with E-state index in [1.165, 1.54) is 16.5 Å². The summed E-state index contributed by atoms with van der Waals surface area (Å²) in [5, 5.41) is 4.88. The molecule has 19 heavy (non-hydrogen) atoms. The number of ether oxygens (including phenoxy) is 1. The molecule has 0 amide bonds. The highest BCUT2D eigenvalue weighted by atomic mass is 16.5. The molecule has 3 rings (SSSR count). The fourth-order valence-electron chi connectivity index (χ4n) is 2.75. The summed E-state index contributed by atoms with van der Waals surface area (Å²) in [5.41, 5.74) is 2.96. The molecule has 1 aliphatic rings. The lowest BCUT2D eigenvalue weighted by Gasteiger charge is -2.33. The second-order valence-corrected chi connectivity index (χ2v) is 5.93. The predicted octanol–water partition coefficient (Wildman–Crippen LogP) is 3.07. The Morgan fingerprint density at radius 3 is 2.95 bits per heavy atom. The molecule has 2 N–H and O–H groups in total. The molecule has 0 saturated carbocycles. The first-order valence-electron chi connectivity index (χ1n) is 7.10. The van der Waals surface area contributed by atoms with Gasteiger partial charge < -0.3 is 15.0 Å². The van der Waals surface area contributed by atoms with E-state index in [0.29, 0.717) is 5.41 Å². The molecule has 2 aromatic rings. The summed E-state index contributed by atoms with van der Waals surface area (Å²) >= 11 is 0. The zero-order chi connectivity index (χ0) is 13.1. The summed E-state index contributed by atoms with van der Waals surface area (Å²) in [5.74, 6) is 0. The van der Waals surface area contributed by atoms with Crippen LogP contribution in [0.3, 0.4) is 0 Å². The fraction of sp³-hybridized carbons (Fsp3) is 0.500. The van der Waals surface area contributed by atoms with Crippen molar-refractivity contribution in [1.82, 2.24) is 10.3 Å². The number of benzene rings is 1. The van der Waals surface area contributed by atoms with Crippen LogP contribution in [0.5, 0.6) is 0 Å². The summed E-state index contributed by atoms with van der Waals surface area (Å²) in [7, 11) is 0. The first-order chi connectivity index (χ1) is 9.25. The normalized spacial score (nSPS) is 18.8. The van der Waals surface area contributed by atoms with Crippen LogP contribution >= 0.6 is 0 Å². The van der Waals surface area contributed by atoms with Crippen LogP contribution in [0.4, 0.5) is 0 Å². The molecule has 0 radical (unpaired) electrons. The van der Waals surface area contributed by atoms with E-state index in [1.54, 1.807) is 0 Å². The zero-order valence-electron chi connectivity index (χ0n) is 11.5. The number of nitrogens with one attached hydrogen (secondary N) is 2. The molecule has 0 unspecified atom stereocenters. The van der Waals surface area contributed by atoms with E-state index in [4.69, 9.17) is 4.74 Å². The van der Waals surface area contributed by atoms with Gasteiger partial charge in [0.05, 0.1) is 0 Å². The van der Waals surface area contributed by atoms with Gasteiger partial charge in [-0.3, -0.25) is 0 Å². The van der Waals surface area contributed by atoms with Crippen molar-refractivity contribution in [3.63, 3.8) is 0 Å². The summed E-state index contributed by atoms with van der Waals surface area (Å²) < 4.78 is 5.44. The third-order valence-electron chi connectivity index (χ3n) is 4.20. The minimum Gasteiger partial charge on any atom is -0.381 e. The second-order valence-electron chi connectivity index (χ2n) is 5.93. The van der Waals surface area contributed by atoms with E-state index in [1.807, 2.05) is 6.20 Å². The summed E-state index contributed by atoms with van der Waals surface area (Å²) in [6, 6.07) is 8.72. The molecule has 3 heteroatoms. The Hall–Kier alpha value is -1.32. The molecular weight excluding hydrogens is 236 g/mol. The highest BCUT2D eigenvalue weighted by molar-refractivity contribution is 5.79. The Kier molecular flexibility index (Phi) is 3.58. The summed E-state index contributed by atoms with van der Waals surface area (Å²) in [4.78, 5) is 3.26. The molecule has 0 bridgehead atoms. The highest BCUT2D eigenvalue weighted by Crippen LogP contribution is 2.28. The van der Waals surface area contributed by atoms with Crippen LogP contribution in [0.2, 0.25) is 0 Å². The highest BCUT2D eigenvalue weighted by Gasteiger charge is 2.26. The number of rotatable bonds is 4. The van der Waals surface area contributed by atoms with E-state index in [2.05, 4.69) is 41.5 Å². The molecular formula is C16H22N2O. The lowest BCUT2D eigenvalue weighted by atomic mass is 9.82. The Morgan fingerprint density at radius 1 is 1.26 bits per heavy atom. The first-order valence-corrected chi connectivity index (χ1v) is 7.10. The lowest BCUT2D eigenvalue weighted by Crippen LogP contribution is -2.36. The van der Waals surface area contributed by atoms with E-state index >= 15 is 0 Å². The van der Waals surface area contributed by atoms with E-state index < -0.39 is 0 Å². The third-order valence-corrected chi connectivity index (χ3v) is 4.20. The van der Waals surface area contributed by atoms with Gasteiger partial charge in [-0.05, 0) is 41.3 Å². The molecule has 1 aliphatic heterocycles. The van der Waals surface area contributed by atoms with Crippen molar-refractivity contribution in [3.05, 3.63) is 36.0 Å². The van der Waals surface area contributed by atoms with E-state index in [0.717, 1.165) is 39.1 Å². The standard InChI is InChI=1S/C16H22N2O/c1-16(5-8-19-9-6-16)12-17-11-13-2-3-14-4-7-18-15(14)10-13/h2-4,7,10,17-18H,5-6,8-9,11-12H2,1H3. The van der Waals surface area contributed by atoms with Gasteiger partial charge in [-0.1, -0.05) is 19.1 Å². The van der Waals surface area contributed by atoms with Crippen LogP contribution in [-0.4, -0.2) is 24.7 Å². The van der Waals surface area contributed by atoms with Crippen LogP contribution in [0, 0.1) is 5.41 Å². The molecule has 1 aromatic carbocycles. The van der Waals surface area contributed by atoms with Gasteiger partial charge >= 0.3 is 0 Å². The molecule has 1 aromatic heterocycles. The van der Waals surface area contributed by atoms with Gasteiger partial charge in [-0.2, -0.15) is 0 Å². The van der Waals surface area contributed by atoms with Gasteiger partial charge in [0, 0.05) is 38.0 Å². The van der Waals surface area contributed by atoms with Crippen LogP contribution in [0.25, 0.3) is 10.9 Å². The lowest BCUT2D eigenvalue weighted by molar-refractivity contribution is 0.0240. The number of hydrogen-bond acceptors (Lipinski definition) is 2. The van der Waals surface area contributed by atoms with Gasteiger partial charge in [-0.25, -0.2) is 0 Å². The molecule has 1 fully saturated rings. The van der Waals surface area contributed by atoms with Crippen LogP contribution in [0.15, 0.2) is 30.5 Å². The molecule has 0 aliphatic carbocycles. The van der Waals surface area contributed by atoms with Crippen LogP contribution < -0.4 is 5.32 Å². The molecule has 2 heterocycles. The third kappa shape index (κ3) is 2.99. The molecule has 0 spiro atoms. The van der Waals surface area contributed by atoms with E-state index in [-0.39, 0.29) is 0 Å². The van der Waals surface area contributed by atoms with Crippen LogP contribution in [-0.2, 0) is 11.3 Å². The van der Waals surface area contributed by atoms with Crippen molar-refractivity contribution in [3.8, 4) is 0 Å². The maximum Gasteiger partial charge on any atom is 0.0471 e. The first kappa shape index (κ1) is 12.7. The average molecular weight is 258 g/mol. The quantitative estimate of drug-likeness (QED) is 0.884. The van der Waals surface area contributed by atoms with Crippen LogP contribution in [0.1, 0.15) is 25.3 Å². The van der Waals surface area contributed by atoms with Crippen molar-refractivity contribution in [1.29, 1.82) is 0 Å². The van der Waals surface area contributed by atoms with Gasteiger partial charge in [0.15, 0.2) is 0 Å². The zero-order valence-corrected chi connectivity index (χ0v) is 11.5. The Bertz CT molecular complexity index is 540. The SMILES string of the molecule is CC1(CNCc2ccc3cc[nH]c3c2)CCOCC1. The van der Waals surface area contributed by atoms with Crippen molar-refractivity contribution in [2.24, 2.45) is 5.41 Å². The van der Waals surface area contributed by atoms with Crippen molar-refractivity contribution in [2.45, 2.75) is 26.3 Å². The monoisotopic (exact) mass is 258 g/mol. The minimum atomic E-state index is 0.398. The molecule has 0 atom stereocenters. The van der Waals surface area contributed by atoms with Gasteiger partial charge in [-0.15, -0.1) is 0 Å². The summed E-state index contributed by atoms with van der Waals surface area (Å²) in [6.07, 6.45) is 4.32. The Labute approximate surface area is 114 Å². The van der Waals surface area contributed by atoms with Gasteiger partial charge in [0.2, 0.25) is 0 Å². The minimum absolute atomic E-state index is 0.398. The Morgan fingerprint density at radius 2 is 2.11 bits per heavy atom. The number of fused-ring (bicyclic) bond motifs is 1. The molecule has 3 nitrogen and oxygen atoms in total.